The molecule has 0 bridgehead atoms. The second-order valence-electron chi connectivity index (χ2n) is 7.53. The van der Waals surface area contributed by atoms with E-state index in [1.807, 2.05) is 6.07 Å². The van der Waals surface area contributed by atoms with Crippen LogP contribution in [0, 0.1) is 22.7 Å². The number of nitrogens with zero attached hydrogens (tertiary/aromatic N) is 2. The number of esters is 1. The quantitative estimate of drug-likeness (QED) is 0.276. The third-order valence-electron chi connectivity index (χ3n) is 5.44. The van der Waals surface area contributed by atoms with Crippen molar-refractivity contribution in [2.75, 3.05) is 12.4 Å². The molecule has 1 aliphatic rings. The van der Waals surface area contributed by atoms with Gasteiger partial charge in [0.05, 0.1) is 18.2 Å². The van der Waals surface area contributed by atoms with E-state index in [-0.39, 0.29) is 16.9 Å². The average Bonchev–Trinajstić information content (AvgIpc) is 3.45. The van der Waals surface area contributed by atoms with E-state index in [2.05, 4.69) is 11.4 Å². The molecule has 9 heteroatoms. The maximum Gasteiger partial charge on any atom is 0.338 e. The molecule has 4 rings (SSSR count). The van der Waals surface area contributed by atoms with Crippen LogP contribution in [-0.2, 0) is 22.4 Å². The van der Waals surface area contributed by atoms with E-state index in [0.717, 1.165) is 36.1 Å². The predicted octanol–water partition coefficient (Wildman–Crippen LogP) is 5.74. The van der Waals surface area contributed by atoms with E-state index in [0.29, 0.717) is 26.9 Å². The lowest BCUT2D eigenvalue weighted by molar-refractivity contribution is -0.112. The number of amides is 1. The summed E-state index contributed by atoms with van der Waals surface area (Å²) in [6.07, 6.45) is 5.08. The Morgan fingerprint density at radius 1 is 1.21 bits per heavy atom. The largest absolute Gasteiger partial charge is 0.465 e. The molecule has 7 nitrogen and oxygen atoms in total. The first-order valence-electron chi connectivity index (χ1n) is 10.4. The van der Waals surface area contributed by atoms with E-state index in [9.17, 15) is 20.1 Å². The normalized spacial score (nSPS) is 12.9. The first-order chi connectivity index (χ1) is 16.4. The second kappa shape index (κ2) is 9.96. The number of aryl methyl sites for hydroxylation is 1. The van der Waals surface area contributed by atoms with E-state index < -0.39 is 11.9 Å². The van der Waals surface area contributed by atoms with Crippen molar-refractivity contribution >= 4 is 45.9 Å². The number of hydrogen-bond acceptors (Lipinski definition) is 7. The first-order valence-corrected chi connectivity index (χ1v) is 11.6. The van der Waals surface area contributed by atoms with Crippen LogP contribution in [0.2, 0.25) is 5.02 Å². The highest BCUT2D eigenvalue weighted by molar-refractivity contribution is 7.16. The van der Waals surface area contributed by atoms with Gasteiger partial charge < -0.3 is 14.5 Å². The molecule has 34 heavy (non-hydrogen) atoms. The summed E-state index contributed by atoms with van der Waals surface area (Å²) in [5, 5.41) is 22.7. The number of methoxy groups -OCH3 is 1. The Morgan fingerprint density at radius 3 is 2.74 bits per heavy atom. The van der Waals surface area contributed by atoms with Gasteiger partial charge in [-0.05, 0) is 61.6 Å². The summed E-state index contributed by atoms with van der Waals surface area (Å²) < 4.78 is 10.6. The number of benzene rings is 1. The lowest BCUT2D eigenvalue weighted by atomic mass is 9.96. The van der Waals surface area contributed by atoms with Crippen LogP contribution in [0.3, 0.4) is 0 Å². The Hall–Kier alpha value is -3.85. The van der Waals surface area contributed by atoms with Gasteiger partial charge in [0.25, 0.3) is 5.91 Å². The molecule has 2 heterocycles. The van der Waals surface area contributed by atoms with Crippen LogP contribution in [0.15, 0.2) is 40.3 Å². The molecule has 0 fully saturated rings. The Morgan fingerprint density at radius 2 is 2.00 bits per heavy atom. The zero-order valence-electron chi connectivity index (χ0n) is 18.1. The Kier molecular flexibility index (Phi) is 6.83. The van der Waals surface area contributed by atoms with Gasteiger partial charge in [0.15, 0.2) is 0 Å². The fourth-order valence-electron chi connectivity index (χ4n) is 3.82. The number of carbonyl (C=O) groups excluding carboxylic acids is 2. The predicted molar refractivity (Wildman–Crippen MR) is 128 cm³/mol. The molecule has 0 atom stereocenters. The van der Waals surface area contributed by atoms with Gasteiger partial charge in [-0.25, -0.2) is 4.79 Å². The molecule has 1 amide bonds. The Bertz CT molecular complexity index is 1400. The summed E-state index contributed by atoms with van der Waals surface area (Å²) in [5.74, 6) is -0.620. The van der Waals surface area contributed by atoms with Crippen LogP contribution in [0.25, 0.3) is 17.4 Å². The van der Waals surface area contributed by atoms with Crippen molar-refractivity contribution in [2.45, 2.75) is 25.7 Å². The number of fused-ring (bicyclic) bond motifs is 1. The Balaban J connectivity index is 1.61. The second-order valence-corrected chi connectivity index (χ2v) is 9.08. The Labute approximate surface area is 204 Å². The molecular weight excluding hydrogens is 474 g/mol. The summed E-state index contributed by atoms with van der Waals surface area (Å²) >= 11 is 7.47. The molecule has 0 radical (unpaired) electrons. The van der Waals surface area contributed by atoms with Crippen molar-refractivity contribution in [1.29, 1.82) is 10.5 Å². The zero-order valence-corrected chi connectivity index (χ0v) is 19.7. The fraction of sp³-hybridized carbons (Fsp3) is 0.200. The van der Waals surface area contributed by atoms with Crippen LogP contribution < -0.4 is 5.32 Å². The number of rotatable bonds is 5. The number of hydrogen-bond donors (Lipinski definition) is 1. The van der Waals surface area contributed by atoms with Gasteiger partial charge in [-0.1, -0.05) is 11.6 Å². The van der Waals surface area contributed by atoms with Gasteiger partial charge in [0.2, 0.25) is 0 Å². The van der Waals surface area contributed by atoms with Crippen LogP contribution in [0.5, 0.6) is 0 Å². The molecule has 170 valence electrons. The van der Waals surface area contributed by atoms with Crippen molar-refractivity contribution < 1.29 is 18.7 Å². The molecule has 0 saturated carbocycles. The van der Waals surface area contributed by atoms with Crippen molar-refractivity contribution in [1.82, 2.24) is 0 Å². The molecule has 1 N–H and O–H groups in total. The zero-order chi connectivity index (χ0) is 24.2. The van der Waals surface area contributed by atoms with Crippen molar-refractivity contribution in [3.63, 3.8) is 0 Å². The maximum absolute atomic E-state index is 12.8. The number of furan rings is 1. The van der Waals surface area contributed by atoms with Crippen LogP contribution >= 0.6 is 22.9 Å². The number of carbonyl (C=O) groups is 2. The molecule has 0 saturated heterocycles. The van der Waals surface area contributed by atoms with Crippen LogP contribution in [0.1, 0.15) is 45.0 Å². The van der Waals surface area contributed by atoms with Gasteiger partial charge in [-0.2, -0.15) is 10.5 Å². The lowest BCUT2D eigenvalue weighted by Gasteiger charge is -2.09. The van der Waals surface area contributed by atoms with E-state index in [4.69, 9.17) is 20.8 Å². The number of halogens is 1. The van der Waals surface area contributed by atoms with Gasteiger partial charge in [-0.3, -0.25) is 4.79 Å². The highest BCUT2D eigenvalue weighted by atomic mass is 35.5. The average molecular weight is 492 g/mol. The number of nitriles is 2. The molecule has 0 unspecified atom stereocenters. The van der Waals surface area contributed by atoms with Crippen LogP contribution in [0.4, 0.5) is 5.00 Å². The van der Waals surface area contributed by atoms with Crippen molar-refractivity contribution in [3.8, 4) is 23.5 Å². The summed E-state index contributed by atoms with van der Waals surface area (Å²) in [4.78, 5) is 26.0. The monoisotopic (exact) mass is 491 g/mol. The summed E-state index contributed by atoms with van der Waals surface area (Å²) in [7, 11) is 1.27. The number of thiophene rings is 1. The number of ether oxygens (including phenoxy) is 1. The van der Waals surface area contributed by atoms with Gasteiger partial charge in [0.1, 0.15) is 34.2 Å². The van der Waals surface area contributed by atoms with Crippen LogP contribution in [-0.4, -0.2) is 19.0 Å². The fourth-order valence-corrected chi connectivity index (χ4v) is 5.22. The number of anilines is 1. The summed E-state index contributed by atoms with van der Waals surface area (Å²) in [6, 6.07) is 11.9. The first kappa shape index (κ1) is 23.3. The highest BCUT2D eigenvalue weighted by Gasteiger charge is 2.23. The molecular formula is C25H18ClN3O4S. The summed E-state index contributed by atoms with van der Waals surface area (Å²) in [5.41, 5.74) is 1.97. The summed E-state index contributed by atoms with van der Waals surface area (Å²) in [6.45, 7) is 0. The standard InChI is InChI=1S/C25H18ClN3O4S/c1-32-25(31)18-8-6-15(26)11-19(18)21-9-7-16(33-21)10-14(12-27)23(30)29-24-20(13-28)17-4-2-3-5-22(17)34-24/h6-11H,2-5H2,1H3,(H,29,30)/b14-10-. The number of nitrogens with one attached hydrogen (secondary N) is 1. The minimum absolute atomic E-state index is 0.185. The lowest BCUT2D eigenvalue weighted by Crippen LogP contribution is -2.13. The topological polar surface area (TPSA) is 116 Å². The smallest absolute Gasteiger partial charge is 0.338 e. The van der Waals surface area contributed by atoms with E-state index in [1.165, 1.54) is 30.6 Å². The van der Waals surface area contributed by atoms with Crippen molar-refractivity contribution in [2.24, 2.45) is 0 Å². The third-order valence-corrected chi connectivity index (χ3v) is 6.88. The van der Waals surface area contributed by atoms with E-state index >= 15 is 0 Å². The maximum atomic E-state index is 12.8. The molecule has 1 aliphatic carbocycles. The SMILES string of the molecule is COC(=O)c1ccc(Cl)cc1-c1ccc(/C=C(/C#N)C(=O)Nc2sc3c(c2C#N)CCCC3)o1. The van der Waals surface area contributed by atoms with Gasteiger partial charge in [-0.15, -0.1) is 11.3 Å². The molecule has 3 aromatic rings. The van der Waals surface area contributed by atoms with Crippen molar-refractivity contribution in [3.05, 3.63) is 68.3 Å². The van der Waals surface area contributed by atoms with Gasteiger partial charge in [0, 0.05) is 21.5 Å². The third kappa shape index (κ3) is 4.60. The van der Waals surface area contributed by atoms with E-state index in [1.54, 1.807) is 24.3 Å². The van der Waals surface area contributed by atoms with Gasteiger partial charge >= 0.3 is 5.97 Å². The molecule has 0 spiro atoms. The minimum atomic E-state index is -0.631. The molecule has 2 aromatic heterocycles. The minimum Gasteiger partial charge on any atom is -0.465 e. The highest BCUT2D eigenvalue weighted by Crippen LogP contribution is 2.38. The molecule has 1 aromatic carbocycles. The molecule has 0 aliphatic heterocycles.